The Labute approximate surface area is 119 Å². The molecule has 19 heavy (non-hydrogen) atoms. The van der Waals surface area contributed by atoms with Crippen LogP contribution in [0.1, 0.15) is 78.0 Å². The van der Waals surface area contributed by atoms with Gasteiger partial charge in [0.2, 0.25) is 0 Å². The van der Waals surface area contributed by atoms with Crippen LogP contribution < -0.4 is 4.74 Å². The van der Waals surface area contributed by atoms with E-state index in [1.807, 2.05) is 0 Å². The van der Waals surface area contributed by atoms with E-state index in [2.05, 4.69) is 67.5 Å². The lowest BCUT2D eigenvalue weighted by Crippen LogP contribution is -2.17. The fourth-order valence-electron chi connectivity index (χ4n) is 2.72. The van der Waals surface area contributed by atoms with Gasteiger partial charge in [0.15, 0.2) is 0 Å². The maximum absolute atomic E-state index is 6.02. The van der Waals surface area contributed by atoms with Gasteiger partial charge in [-0.15, -0.1) is 0 Å². The lowest BCUT2D eigenvalue weighted by Gasteiger charge is -2.28. The molecule has 1 aromatic carbocycles. The van der Waals surface area contributed by atoms with E-state index in [4.69, 9.17) is 4.74 Å². The fraction of sp³-hybridized carbons (Fsp3) is 0.667. The molecule has 0 bridgehead atoms. The van der Waals surface area contributed by atoms with E-state index in [0.29, 0.717) is 5.92 Å². The van der Waals surface area contributed by atoms with Crippen molar-refractivity contribution in [1.82, 2.24) is 0 Å². The van der Waals surface area contributed by atoms with Gasteiger partial charge in [0.05, 0.1) is 6.10 Å². The molecule has 0 aliphatic carbocycles. The zero-order valence-corrected chi connectivity index (χ0v) is 13.9. The largest absolute Gasteiger partial charge is 0.491 e. The molecule has 0 heterocycles. The standard InChI is InChI=1S/C18H30O/c1-9-14-15(18(6,7)8)10-11-16(19-13(4)5)17(14)12(2)3/h10-13H,9H2,1-8H3. The first-order valence-electron chi connectivity index (χ1n) is 7.51. The normalized spacial score (nSPS) is 12.3. The maximum Gasteiger partial charge on any atom is 0.123 e. The monoisotopic (exact) mass is 262 g/mol. The Balaban J connectivity index is 3.47. The van der Waals surface area contributed by atoms with E-state index < -0.39 is 0 Å². The van der Waals surface area contributed by atoms with Crippen LogP contribution in [0, 0.1) is 0 Å². The summed E-state index contributed by atoms with van der Waals surface area (Å²) in [5.41, 5.74) is 4.50. The molecule has 0 aliphatic rings. The zero-order valence-electron chi connectivity index (χ0n) is 13.9. The molecule has 1 heteroatoms. The lowest BCUT2D eigenvalue weighted by atomic mass is 9.79. The molecule has 1 rings (SSSR count). The van der Waals surface area contributed by atoms with Gasteiger partial charge < -0.3 is 4.74 Å². The topological polar surface area (TPSA) is 9.23 Å². The molecule has 0 atom stereocenters. The highest BCUT2D eigenvalue weighted by molar-refractivity contribution is 5.49. The third-order valence-corrected chi connectivity index (χ3v) is 3.42. The third-order valence-electron chi connectivity index (χ3n) is 3.42. The van der Waals surface area contributed by atoms with Crippen LogP contribution in [0.4, 0.5) is 0 Å². The molecule has 0 aromatic heterocycles. The van der Waals surface area contributed by atoms with Gasteiger partial charge in [0.25, 0.3) is 0 Å². The highest BCUT2D eigenvalue weighted by Gasteiger charge is 2.23. The molecule has 0 fully saturated rings. The van der Waals surface area contributed by atoms with Crippen molar-refractivity contribution in [2.24, 2.45) is 0 Å². The van der Waals surface area contributed by atoms with Crippen molar-refractivity contribution in [2.75, 3.05) is 0 Å². The molecule has 0 unspecified atom stereocenters. The minimum absolute atomic E-state index is 0.186. The number of benzene rings is 1. The highest BCUT2D eigenvalue weighted by Crippen LogP contribution is 2.37. The molecular weight excluding hydrogens is 232 g/mol. The summed E-state index contributed by atoms with van der Waals surface area (Å²) in [6, 6.07) is 4.41. The Morgan fingerprint density at radius 2 is 1.63 bits per heavy atom. The van der Waals surface area contributed by atoms with Crippen molar-refractivity contribution in [3.8, 4) is 5.75 Å². The summed E-state index contributed by atoms with van der Waals surface area (Å²) >= 11 is 0. The van der Waals surface area contributed by atoms with E-state index in [9.17, 15) is 0 Å². The Bertz CT molecular complexity index is 422. The molecule has 0 amide bonds. The summed E-state index contributed by atoms with van der Waals surface area (Å²) in [5, 5.41) is 0. The van der Waals surface area contributed by atoms with E-state index in [1.165, 1.54) is 16.7 Å². The fourth-order valence-corrected chi connectivity index (χ4v) is 2.72. The molecular formula is C18H30O. The summed E-state index contributed by atoms with van der Waals surface area (Å²) < 4.78 is 6.02. The predicted octanol–water partition coefficient (Wildman–Crippen LogP) is 5.46. The quantitative estimate of drug-likeness (QED) is 0.700. The number of hydrogen-bond donors (Lipinski definition) is 0. The molecule has 0 spiro atoms. The Morgan fingerprint density at radius 1 is 1.05 bits per heavy atom. The molecule has 1 nitrogen and oxygen atoms in total. The van der Waals surface area contributed by atoms with Crippen LogP contribution in [0.2, 0.25) is 0 Å². The second-order valence-corrected chi connectivity index (χ2v) is 6.93. The summed E-state index contributed by atoms with van der Waals surface area (Å²) in [4.78, 5) is 0. The van der Waals surface area contributed by atoms with E-state index in [0.717, 1.165) is 12.2 Å². The first-order valence-corrected chi connectivity index (χ1v) is 7.51. The predicted molar refractivity (Wildman–Crippen MR) is 84.4 cm³/mol. The van der Waals surface area contributed by atoms with Crippen molar-refractivity contribution in [1.29, 1.82) is 0 Å². The summed E-state index contributed by atoms with van der Waals surface area (Å²) in [7, 11) is 0. The van der Waals surface area contributed by atoms with Crippen LogP contribution >= 0.6 is 0 Å². The van der Waals surface area contributed by atoms with Gasteiger partial charge >= 0.3 is 0 Å². The van der Waals surface area contributed by atoms with Crippen LogP contribution in [-0.4, -0.2) is 6.10 Å². The van der Waals surface area contributed by atoms with Crippen LogP contribution in [0.25, 0.3) is 0 Å². The van der Waals surface area contributed by atoms with Gasteiger partial charge in [0, 0.05) is 5.56 Å². The zero-order chi connectivity index (χ0) is 14.8. The Hall–Kier alpha value is -0.980. The van der Waals surface area contributed by atoms with Crippen LogP contribution in [-0.2, 0) is 11.8 Å². The maximum atomic E-state index is 6.02. The van der Waals surface area contributed by atoms with E-state index >= 15 is 0 Å². The lowest BCUT2D eigenvalue weighted by molar-refractivity contribution is 0.238. The van der Waals surface area contributed by atoms with Gasteiger partial charge in [-0.2, -0.15) is 0 Å². The number of hydrogen-bond acceptors (Lipinski definition) is 1. The van der Waals surface area contributed by atoms with Gasteiger partial charge in [-0.1, -0.05) is 47.6 Å². The van der Waals surface area contributed by atoms with Crippen molar-refractivity contribution in [3.63, 3.8) is 0 Å². The molecule has 0 saturated heterocycles. The van der Waals surface area contributed by atoms with Crippen LogP contribution in [0.15, 0.2) is 12.1 Å². The summed E-state index contributed by atoms with van der Waals surface area (Å²) in [5.74, 6) is 1.56. The van der Waals surface area contributed by atoms with Crippen molar-refractivity contribution >= 4 is 0 Å². The van der Waals surface area contributed by atoms with Gasteiger partial charge in [0.1, 0.15) is 5.75 Å². The molecule has 1 aromatic rings. The smallest absolute Gasteiger partial charge is 0.123 e. The van der Waals surface area contributed by atoms with Gasteiger partial charge in [-0.3, -0.25) is 0 Å². The van der Waals surface area contributed by atoms with E-state index in [-0.39, 0.29) is 11.5 Å². The number of rotatable bonds is 4. The van der Waals surface area contributed by atoms with Crippen molar-refractivity contribution in [2.45, 2.75) is 79.2 Å². The average molecular weight is 262 g/mol. The third kappa shape index (κ3) is 3.75. The minimum atomic E-state index is 0.186. The SMILES string of the molecule is CCc1c(C(C)(C)C)ccc(OC(C)C)c1C(C)C. The molecule has 0 N–H and O–H groups in total. The highest BCUT2D eigenvalue weighted by atomic mass is 16.5. The Morgan fingerprint density at radius 3 is 2.00 bits per heavy atom. The average Bonchev–Trinajstić information content (AvgIpc) is 2.25. The molecule has 108 valence electrons. The van der Waals surface area contributed by atoms with Crippen LogP contribution in [0.3, 0.4) is 0 Å². The molecule has 0 radical (unpaired) electrons. The van der Waals surface area contributed by atoms with Crippen molar-refractivity contribution < 1.29 is 4.74 Å². The number of ether oxygens (including phenoxy) is 1. The van der Waals surface area contributed by atoms with E-state index in [1.54, 1.807) is 0 Å². The Kier molecular flexibility index (Phi) is 5.06. The van der Waals surface area contributed by atoms with Crippen molar-refractivity contribution in [3.05, 3.63) is 28.8 Å². The van der Waals surface area contributed by atoms with Gasteiger partial charge in [-0.25, -0.2) is 0 Å². The second kappa shape index (κ2) is 5.98. The summed E-state index contributed by atoms with van der Waals surface area (Å²) in [6.07, 6.45) is 1.29. The summed E-state index contributed by atoms with van der Waals surface area (Å²) in [6.45, 7) is 17.8. The minimum Gasteiger partial charge on any atom is -0.491 e. The molecule has 0 aliphatic heterocycles. The first kappa shape index (κ1) is 16.1. The van der Waals surface area contributed by atoms with Gasteiger partial charge in [-0.05, 0) is 48.8 Å². The van der Waals surface area contributed by atoms with Crippen LogP contribution in [0.5, 0.6) is 5.75 Å². The first-order chi connectivity index (χ1) is 8.68. The second-order valence-electron chi connectivity index (χ2n) is 6.93. The molecule has 0 saturated carbocycles.